The summed E-state index contributed by atoms with van der Waals surface area (Å²) in [6.07, 6.45) is 9.25. The Hall–Kier alpha value is -2.15. The highest BCUT2D eigenvalue weighted by Crippen LogP contribution is 2.54. The summed E-state index contributed by atoms with van der Waals surface area (Å²) in [7, 11) is 0. The van der Waals surface area contributed by atoms with Gasteiger partial charge in [0.2, 0.25) is 0 Å². The lowest BCUT2D eigenvalue weighted by molar-refractivity contribution is -0.137. The number of carboxylic acid groups (broad SMARTS) is 1. The Morgan fingerprint density at radius 3 is 2.81 bits per heavy atom. The van der Waals surface area contributed by atoms with Gasteiger partial charge in [-0.2, -0.15) is 0 Å². The summed E-state index contributed by atoms with van der Waals surface area (Å²) in [5.74, 6) is -0.462. The second-order valence-corrected chi connectivity index (χ2v) is 7.22. The zero-order chi connectivity index (χ0) is 18.6. The summed E-state index contributed by atoms with van der Waals surface area (Å²) < 4.78 is 11.8. The minimum absolute atomic E-state index is 0.0261. The van der Waals surface area contributed by atoms with Gasteiger partial charge >= 0.3 is 5.97 Å². The number of hydrogen-bond acceptors (Lipinski definition) is 5. The van der Waals surface area contributed by atoms with Crippen molar-refractivity contribution in [3.05, 3.63) is 59.8 Å². The smallest absolute Gasteiger partial charge is 0.303 e. The fourth-order valence-electron chi connectivity index (χ4n) is 3.96. The van der Waals surface area contributed by atoms with Gasteiger partial charge in [0, 0.05) is 18.5 Å². The highest BCUT2D eigenvalue weighted by molar-refractivity contribution is 5.66. The molecule has 0 amide bonds. The van der Waals surface area contributed by atoms with E-state index >= 15 is 0 Å². The first kappa shape index (κ1) is 18.2. The van der Waals surface area contributed by atoms with Crippen LogP contribution >= 0.6 is 0 Å². The van der Waals surface area contributed by atoms with Crippen molar-refractivity contribution in [3.63, 3.8) is 0 Å². The van der Waals surface area contributed by atoms with E-state index in [4.69, 9.17) is 19.4 Å². The van der Waals surface area contributed by atoms with Gasteiger partial charge in [0.15, 0.2) is 0 Å². The average Bonchev–Trinajstić information content (AvgIpc) is 3.30. The molecule has 6 heteroatoms. The lowest BCUT2D eigenvalue weighted by Crippen LogP contribution is -2.27. The second-order valence-electron chi connectivity index (χ2n) is 7.22. The Morgan fingerprint density at radius 2 is 2.00 bits per heavy atom. The third-order valence-corrected chi connectivity index (χ3v) is 5.35. The van der Waals surface area contributed by atoms with E-state index in [9.17, 15) is 4.79 Å². The minimum atomic E-state index is -0.742. The van der Waals surface area contributed by atoms with Crippen molar-refractivity contribution in [1.29, 1.82) is 0 Å². The lowest BCUT2D eigenvalue weighted by atomic mass is 9.82. The van der Waals surface area contributed by atoms with Crippen molar-refractivity contribution < 1.29 is 24.2 Å². The summed E-state index contributed by atoms with van der Waals surface area (Å²) in [6.45, 7) is 0.496. The summed E-state index contributed by atoms with van der Waals surface area (Å²) in [5, 5.41) is 8.68. The second kappa shape index (κ2) is 8.25. The number of carbonyl (C=O) groups is 1. The maximum Gasteiger partial charge on any atom is 0.303 e. The standard InChI is InChI=1S/C21H25NO5/c23-17(24)11-7-2-1-6-10-15-16(19-21-20(27-21)18(15)26-19)12-22-25-13-14-8-4-3-5-9-14/h1,3-6,8-9,12,15,18-22H,2,7,10-11,13H2,(H,23,24)/t15-,18+,19-,20-,21+/m0/s1. The van der Waals surface area contributed by atoms with Crippen LogP contribution in [0.2, 0.25) is 0 Å². The number of benzene rings is 1. The quantitative estimate of drug-likeness (QED) is 0.285. The van der Waals surface area contributed by atoms with Crippen LogP contribution in [-0.4, -0.2) is 35.5 Å². The van der Waals surface area contributed by atoms with Crippen molar-refractivity contribution in [1.82, 2.24) is 5.48 Å². The molecule has 0 spiro atoms. The van der Waals surface area contributed by atoms with Gasteiger partial charge in [-0.15, -0.1) is 0 Å². The first-order chi connectivity index (χ1) is 13.2. The first-order valence-corrected chi connectivity index (χ1v) is 9.53. The number of rotatable bonds is 10. The van der Waals surface area contributed by atoms with Crippen LogP contribution in [-0.2, 0) is 25.7 Å². The van der Waals surface area contributed by atoms with E-state index in [1.165, 1.54) is 5.57 Å². The predicted molar refractivity (Wildman–Crippen MR) is 98.5 cm³/mol. The van der Waals surface area contributed by atoms with Crippen LogP contribution in [0.5, 0.6) is 0 Å². The zero-order valence-corrected chi connectivity index (χ0v) is 15.1. The fourth-order valence-corrected chi connectivity index (χ4v) is 3.96. The van der Waals surface area contributed by atoms with Gasteiger partial charge in [-0.1, -0.05) is 42.5 Å². The van der Waals surface area contributed by atoms with Crippen LogP contribution < -0.4 is 5.48 Å². The van der Waals surface area contributed by atoms with E-state index < -0.39 is 5.97 Å². The molecule has 0 radical (unpaired) electrons. The largest absolute Gasteiger partial charge is 0.481 e. The summed E-state index contributed by atoms with van der Waals surface area (Å²) >= 11 is 0. The van der Waals surface area contributed by atoms with Crippen LogP contribution in [0.4, 0.5) is 0 Å². The molecule has 3 saturated heterocycles. The van der Waals surface area contributed by atoms with E-state index in [2.05, 4.69) is 17.6 Å². The predicted octanol–water partition coefficient (Wildman–Crippen LogP) is 2.96. The molecule has 0 saturated carbocycles. The highest BCUT2D eigenvalue weighted by atomic mass is 16.7. The maximum absolute atomic E-state index is 10.5. The number of hydroxylamine groups is 1. The lowest BCUT2D eigenvalue weighted by Gasteiger charge is -2.18. The summed E-state index contributed by atoms with van der Waals surface area (Å²) in [6, 6.07) is 10.0. The molecular weight excluding hydrogens is 346 g/mol. The zero-order valence-electron chi connectivity index (χ0n) is 15.1. The molecule has 144 valence electrons. The maximum atomic E-state index is 10.5. The third-order valence-electron chi connectivity index (χ3n) is 5.35. The molecule has 2 bridgehead atoms. The number of allylic oxidation sites excluding steroid dienone is 2. The molecule has 0 aromatic heterocycles. The molecule has 6 nitrogen and oxygen atoms in total. The number of aliphatic carboxylic acids is 1. The van der Waals surface area contributed by atoms with E-state index in [0.717, 1.165) is 18.4 Å². The normalized spacial score (nSPS) is 32.1. The molecule has 27 heavy (non-hydrogen) atoms. The van der Waals surface area contributed by atoms with Crippen molar-refractivity contribution in [3.8, 4) is 0 Å². The third kappa shape index (κ3) is 4.24. The summed E-state index contributed by atoms with van der Waals surface area (Å²) in [5.41, 5.74) is 5.27. The van der Waals surface area contributed by atoms with Gasteiger partial charge in [0.1, 0.15) is 18.3 Å². The molecule has 3 aliphatic heterocycles. The van der Waals surface area contributed by atoms with E-state index in [0.29, 0.717) is 13.0 Å². The molecule has 5 atom stereocenters. The Balaban J connectivity index is 1.28. The molecule has 1 aromatic rings. The molecule has 0 unspecified atom stereocenters. The van der Waals surface area contributed by atoms with Crippen molar-refractivity contribution in [2.24, 2.45) is 5.92 Å². The van der Waals surface area contributed by atoms with Gasteiger partial charge in [-0.05, 0) is 30.4 Å². The van der Waals surface area contributed by atoms with Gasteiger partial charge < -0.3 is 14.6 Å². The molecule has 0 aliphatic carbocycles. The van der Waals surface area contributed by atoms with Gasteiger partial charge in [-0.25, -0.2) is 0 Å². The van der Waals surface area contributed by atoms with E-state index in [1.807, 2.05) is 36.5 Å². The minimum Gasteiger partial charge on any atom is -0.481 e. The molecular formula is C21H25NO5. The van der Waals surface area contributed by atoms with Crippen LogP contribution in [0.3, 0.4) is 0 Å². The Morgan fingerprint density at radius 1 is 1.15 bits per heavy atom. The molecule has 3 heterocycles. The fraction of sp³-hybridized carbons (Fsp3) is 0.476. The first-order valence-electron chi connectivity index (χ1n) is 9.53. The number of ether oxygens (including phenoxy) is 2. The molecule has 2 N–H and O–H groups in total. The Labute approximate surface area is 158 Å². The number of fused-ring (bicyclic) bond motifs is 5. The van der Waals surface area contributed by atoms with E-state index in [-0.39, 0.29) is 36.8 Å². The highest BCUT2D eigenvalue weighted by Gasteiger charge is 2.66. The van der Waals surface area contributed by atoms with Crippen molar-refractivity contribution >= 4 is 5.97 Å². The van der Waals surface area contributed by atoms with Crippen molar-refractivity contribution in [2.45, 2.75) is 56.7 Å². The SMILES string of the molecule is O=C(O)CCCC=CC[C@H]1C(=CNOCc2ccccc2)[C@@H]2O[C@H]1[C@@H]1O[C@@H]12. The van der Waals surface area contributed by atoms with Gasteiger partial charge in [0.25, 0.3) is 0 Å². The van der Waals surface area contributed by atoms with Gasteiger partial charge in [0.05, 0.1) is 12.7 Å². The van der Waals surface area contributed by atoms with Gasteiger partial charge in [-0.3, -0.25) is 15.1 Å². The topological polar surface area (TPSA) is 80.3 Å². The van der Waals surface area contributed by atoms with Crippen LogP contribution in [0.25, 0.3) is 0 Å². The molecule has 3 fully saturated rings. The Kier molecular flexibility index (Phi) is 5.57. The number of epoxide rings is 1. The number of nitrogens with one attached hydrogen (secondary N) is 1. The molecule has 4 rings (SSSR count). The monoisotopic (exact) mass is 371 g/mol. The molecule has 3 aliphatic rings. The summed E-state index contributed by atoms with van der Waals surface area (Å²) in [4.78, 5) is 16.1. The molecule has 1 aromatic carbocycles. The van der Waals surface area contributed by atoms with Crippen molar-refractivity contribution in [2.75, 3.05) is 0 Å². The van der Waals surface area contributed by atoms with Crippen LogP contribution in [0.1, 0.15) is 31.2 Å². The number of carboxylic acids is 1. The van der Waals surface area contributed by atoms with E-state index in [1.54, 1.807) is 0 Å². The number of unbranched alkanes of at least 4 members (excludes halogenated alkanes) is 1. The Bertz CT molecular complexity index is 717. The number of hydrogen-bond donors (Lipinski definition) is 2. The van der Waals surface area contributed by atoms with Crippen LogP contribution in [0, 0.1) is 5.92 Å². The van der Waals surface area contributed by atoms with Crippen LogP contribution in [0.15, 0.2) is 54.3 Å². The average molecular weight is 371 g/mol.